The maximum absolute atomic E-state index is 12.5. The predicted molar refractivity (Wildman–Crippen MR) is 116 cm³/mol. The molecule has 0 fully saturated rings. The van der Waals surface area contributed by atoms with Gasteiger partial charge in [-0.25, -0.2) is 0 Å². The molecule has 0 aromatic heterocycles. The van der Waals surface area contributed by atoms with E-state index in [0.29, 0.717) is 17.5 Å². The molecule has 0 aliphatic heterocycles. The molecule has 0 aliphatic carbocycles. The Labute approximate surface area is 181 Å². The van der Waals surface area contributed by atoms with E-state index in [0.717, 1.165) is 22.3 Å². The summed E-state index contributed by atoms with van der Waals surface area (Å²) in [5, 5.41) is 20.1. The highest BCUT2D eigenvalue weighted by Crippen LogP contribution is 2.23. The summed E-state index contributed by atoms with van der Waals surface area (Å²) in [4.78, 5) is 25.0. The molecule has 0 aliphatic rings. The number of halogens is 2. The van der Waals surface area contributed by atoms with Crippen molar-refractivity contribution in [1.82, 2.24) is 0 Å². The van der Waals surface area contributed by atoms with Gasteiger partial charge in [-0.1, -0.05) is 12.1 Å². The third-order valence-electron chi connectivity index (χ3n) is 4.46. The minimum Gasteiger partial charge on any atom is -0.382 e. The van der Waals surface area contributed by atoms with Crippen LogP contribution in [0.4, 0.5) is 0 Å². The summed E-state index contributed by atoms with van der Waals surface area (Å²) in [6, 6.07) is 10.6. The number of aliphatic hydroxyl groups is 2. The Kier molecular flexibility index (Phi) is 7.28. The van der Waals surface area contributed by atoms with E-state index in [1.54, 1.807) is 24.3 Å². The predicted octanol–water partition coefficient (Wildman–Crippen LogP) is 4.66. The molecule has 2 aromatic rings. The van der Waals surface area contributed by atoms with Crippen LogP contribution < -0.4 is 0 Å². The molecular weight excluding hydrogens is 411 g/mol. The van der Waals surface area contributed by atoms with Gasteiger partial charge < -0.3 is 10.2 Å². The summed E-state index contributed by atoms with van der Waals surface area (Å²) in [6.45, 7) is 5.78. The molecule has 0 spiro atoms. The first kappa shape index (κ1) is 23.6. The Morgan fingerprint density at radius 3 is 1.28 bits per heavy atom. The lowest BCUT2D eigenvalue weighted by Crippen LogP contribution is -2.31. The molecular formula is C23H26Cl2O4. The fraction of sp³-hybridized carbons (Fsp3) is 0.391. The quantitative estimate of drug-likeness (QED) is 0.465. The Morgan fingerprint density at radius 2 is 1.00 bits per heavy atom. The fourth-order valence-corrected chi connectivity index (χ4v) is 3.40. The highest BCUT2D eigenvalue weighted by molar-refractivity contribution is 6.17. The Bertz CT molecular complexity index is 846. The van der Waals surface area contributed by atoms with E-state index in [1.807, 2.05) is 12.1 Å². The molecule has 0 unspecified atom stereocenters. The molecule has 0 heterocycles. The van der Waals surface area contributed by atoms with Gasteiger partial charge in [-0.2, -0.15) is 0 Å². The number of hydrogen-bond acceptors (Lipinski definition) is 4. The first-order valence-corrected chi connectivity index (χ1v) is 10.3. The molecule has 0 amide bonds. The van der Waals surface area contributed by atoms with Gasteiger partial charge >= 0.3 is 0 Å². The molecule has 0 radical (unpaired) electrons. The Hall–Kier alpha value is -1.72. The van der Waals surface area contributed by atoms with Crippen molar-refractivity contribution in [3.8, 4) is 0 Å². The number of alkyl halides is 2. The van der Waals surface area contributed by atoms with Gasteiger partial charge in [0.05, 0.1) is 0 Å². The van der Waals surface area contributed by atoms with Gasteiger partial charge in [0.2, 0.25) is 0 Å². The zero-order chi connectivity index (χ0) is 22.0. The van der Waals surface area contributed by atoms with E-state index < -0.39 is 22.8 Å². The molecule has 2 N–H and O–H groups in total. The monoisotopic (exact) mass is 436 g/mol. The van der Waals surface area contributed by atoms with Gasteiger partial charge in [0, 0.05) is 22.9 Å². The second-order valence-electron chi connectivity index (χ2n) is 8.30. The van der Waals surface area contributed by atoms with Crippen molar-refractivity contribution in [2.24, 2.45) is 0 Å². The van der Waals surface area contributed by atoms with Gasteiger partial charge in [0.25, 0.3) is 0 Å². The van der Waals surface area contributed by atoms with Gasteiger partial charge in [-0.3, -0.25) is 9.59 Å². The van der Waals surface area contributed by atoms with Crippen LogP contribution in [0.3, 0.4) is 0 Å². The van der Waals surface area contributed by atoms with E-state index in [-0.39, 0.29) is 11.8 Å². The minimum atomic E-state index is -1.49. The lowest BCUT2D eigenvalue weighted by atomic mass is 9.90. The molecule has 0 atom stereocenters. The first-order chi connectivity index (χ1) is 13.3. The van der Waals surface area contributed by atoms with Crippen molar-refractivity contribution in [2.45, 2.75) is 57.1 Å². The van der Waals surface area contributed by atoms with E-state index in [2.05, 4.69) is 0 Å². The van der Waals surface area contributed by atoms with E-state index >= 15 is 0 Å². The van der Waals surface area contributed by atoms with Gasteiger partial charge in [-0.15, -0.1) is 23.2 Å². The summed E-state index contributed by atoms with van der Waals surface area (Å²) in [5.41, 5.74) is 0.948. The van der Waals surface area contributed by atoms with Crippen LogP contribution in [0.1, 0.15) is 70.7 Å². The third-order valence-corrected chi connectivity index (χ3v) is 5.07. The van der Waals surface area contributed by atoms with Crippen LogP contribution in [0.2, 0.25) is 0 Å². The molecule has 0 saturated heterocycles. The zero-order valence-electron chi connectivity index (χ0n) is 17.1. The van der Waals surface area contributed by atoms with Gasteiger partial charge in [-0.05, 0) is 80.6 Å². The lowest BCUT2D eigenvalue weighted by molar-refractivity contribution is 0.0487. The normalized spacial score (nSPS) is 12.1. The maximum Gasteiger partial charge on any atom is 0.193 e. The van der Waals surface area contributed by atoms with Crippen LogP contribution in [-0.4, -0.2) is 33.0 Å². The average Bonchev–Trinajstić information content (AvgIpc) is 2.64. The van der Waals surface area contributed by atoms with Crippen molar-refractivity contribution in [2.75, 3.05) is 0 Å². The van der Waals surface area contributed by atoms with Crippen LogP contribution in [0.15, 0.2) is 36.4 Å². The third kappa shape index (κ3) is 6.13. The summed E-state index contributed by atoms with van der Waals surface area (Å²) in [7, 11) is 0. The highest BCUT2D eigenvalue weighted by Gasteiger charge is 2.27. The van der Waals surface area contributed by atoms with Crippen LogP contribution in [-0.2, 0) is 18.2 Å². The summed E-state index contributed by atoms with van der Waals surface area (Å²) in [6.07, 6.45) is 0.438. The fourth-order valence-electron chi connectivity index (χ4n) is 3.09. The molecule has 156 valence electrons. The van der Waals surface area contributed by atoms with Crippen molar-refractivity contribution in [3.63, 3.8) is 0 Å². The van der Waals surface area contributed by atoms with E-state index in [1.165, 1.54) is 27.7 Å². The summed E-state index contributed by atoms with van der Waals surface area (Å²) >= 11 is 12.0. The maximum atomic E-state index is 12.5. The topological polar surface area (TPSA) is 74.6 Å². The number of carbonyl (C=O) groups excluding carboxylic acids is 2. The number of carbonyl (C=O) groups is 2. The van der Waals surface area contributed by atoms with Crippen molar-refractivity contribution >= 4 is 34.8 Å². The van der Waals surface area contributed by atoms with Gasteiger partial charge in [0.1, 0.15) is 11.2 Å². The zero-order valence-corrected chi connectivity index (χ0v) is 18.6. The van der Waals surface area contributed by atoms with E-state index in [4.69, 9.17) is 23.2 Å². The standard InChI is InChI=1S/C23H26Cl2O4/c1-22(2,28)20(26)18-8-14(6-16(10-18)12-24)5-15-7-17(13-25)11-19(9-15)21(27)23(3,4)29/h6-11,28-29H,5,12-13H2,1-4H3. The average molecular weight is 437 g/mol. The highest BCUT2D eigenvalue weighted by atomic mass is 35.5. The minimum absolute atomic E-state index is 0.226. The van der Waals surface area contributed by atoms with Gasteiger partial charge in [0.15, 0.2) is 11.6 Å². The van der Waals surface area contributed by atoms with Crippen molar-refractivity contribution in [1.29, 1.82) is 0 Å². The van der Waals surface area contributed by atoms with Crippen LogP contribution in [0.25, 0.3) is 0 Å². The van der Waals surface area contributed by atoms with Crippen LogP contribution in [0, 0.1) is 0 Å². The van der Waals surface area contributed by atoms with Crippen LogP contribution >= 0.6 is 23.2 Å². The lowest BCUT2D eigenvalue weighted by Gasteiger charge is -2.18. The second kappa shape index (κ2) is 8.97. The first-order valence-electron chi connectivity index (χ1n) is 9.27. The van der Waals surface area contributed by atoms with Crippen molar-refractivity contribution in [3.05, 3.63) is 69.8 Å². The number of Topliss-reactive ketones (excluding diaryl/α,β-unsaturated/α-hetero) is 2. The Morgan fingerprint density at radius 1 is 0.690 bits per heavy atom. The smallest absolute Gasteiger partial charge is 0.193 e. The number of benzene rings is 2. The number of rotatable bonds is 8. The second-order valence-corrected chi connectivity index (χ2v) is 8.83. The Balaban J connectivity index is 2.48. The van der Waals surface area contributed by atoms with Crippen molar-refractivity contribution < 1.29 is 19.8 Å². The van der Waals surface area contributed by atoms with Crippen LogP contribution in [0.5, 0.6) is 0 Å². The molecule has 2 aromatic carbocycles. The molecule has 0 bridgehead atoms. The number of ketones is 2. The largest absolute Gasteiger partial charge is 0.382 e. The molecule has 2 rings (SSSR count). The molecule has 29 heavy (non-hydrogen) atoms. The summed E-state index contributed by atoms with van der Waals surface area (Å²) < 4.78 is 0. The molecule has 4 nitrogen and oxygen atoms in total. The van der Waals surface area contributed by atoms with E-state index in [9.17, 15) is 19.8 Å². The number of hydrogen-bond donors (Lipinski definition) is 2. The SMILES string of the molecule is CC(C)(O)C(=O)c1cc(CCl)cc(Cc2cc(CCl)cc(C(=O)C(C)(C)O)c2)c1. The molecule has 0 saturated carbocycles. The summed E-state index contributed by atoms with van der Waals surface area (Å²) in [5.74, 6) is -0.329. The molecule has 6 heteroatoms.